The summed E-state index contributed by atoms with van der Waals surface area (Å²) in [5, 5.41) is 0. The van der Waals surface area contributed by atoms with Gasteiger partial charge in [0.1, 0.15) is 31.0 Å². The van der Waals surface area contributed by atoms with Gasteiger partial charge in [-0.2, -0.15) is 0 Å². The molecule has 1 unspecified atom stereocenters. The average molecular weight is 486 g/mol. The Bertz CT molecular complexity index is 894. The molecule has 0 N–H and O–H groups in total. The third kappa shape index (κ3) is 5.58. The second kappa shape index (κ2) is 10.3. The zero-order chi connectivity index (χ0) is 19.8. The molecule has 3 aromatic rings. The summed E-state index contributed by atoms with van der Waals surface area (Å²) >= 11 is 2.27. The van der Waals surface area contributed by atoms with E-state index in [1.54, 1.807) is 0 Å². The van der Waals surface area contributed by atoms with Crippen molar-refractivity contribution in [2.45, 2.75) is 26.6 Å². The normalized spacial score (nSPS) is 11.6. The molecule has 0 amide bonds. The van der Waals surface area contributed by atoms with Crippen LogP contribution in [0.3, 0.4) is 0 Å². The fraction of sp³-hybridized carbons (Fsp3) is 0.208. The maximum atomic E-state index is 11.1. The van der Waals surface area contributed by atoms with Crippen molar-refractivity contribution in [2.24, 2.45) is 5.92 Å². The molecule has 28 heavy (non-hydrogen) atoms. The Morgan fingerprint density at radius 3 is 2.00 bits per heavy atom. The van der Waals surface area contributed by atoms with Crippen LogP contribution in [0.2, 0.25) is 0 Å². The summed E-state index contributed by atoms with van der Waals surface area (Å²) in [7, 11) is 0. The Hall–Kier alpha value is -2.34. The molecule has 4 heteroatoms. The largest absolute Gasteiger partial charge is 0.488 e. The topological polar surface area (TPSA) is 35.5 Å². The average Bonchev–Trinajstić information content (AvgIpc) is 2.74. The number of carbonyl (C=O) groups is 1. The highest BCUT2D eigenvalue weighted by Crippen LogP contribution is 2.36. The van der Waals surface area contributed by atoms with Crippen LogP contribution in [0.25, 0.3) is 0 Å². The SMILES string of the molecule is CC(C=O)Cc1ccc(OCc2ccccc2)c(I)c1OCc1ccccc1. The van der Waals surface area contributed by atoms with Gasteiger partial charge in [0.15, 0.2) is 0 Å². The van der Waals surface area contributed by atoms with E-state index in [0.29, 0.717) is 19.6 Å². The van der Waals surface area contributed by atoms with Crippen molar-refractivity contribution >= 4 is 28.9 Å². The molecule has 144 valence electrons. The number of rotatable bonds is 9. The first kappa shape index (κ1) is 20.4. The fourth-order valence-corrected chi connectivity index (χ4v) is 3.70. The standard InChI is InChI=1S/C24H23IO3/c1-18(15-26)14-21-12-13-22(27-16-19-8-4-2-5-9-19)23(25)24(21)28-17-20-10-6-3-7-11-20/h2-13,15,18H,14,16-17H2,1H3. The van der Waals surface area contributed by atoms with Crippen LogP contribution >= 0.6 is 22.6 Å². The van der Waals surface area contributed by atoms with Crippen LogP contribution in [0.4, 0.5) is 0 Å². The first-order valence-electron chi connectivity index (χ1n) is 9.27. The van der Waals surface area contributed by atoms with E-state index < -0.39 is 0 Å². The Morgan fingerprint density at radius 2 is 1.43 bits per heavy atom. The molecule has 0 radical (unpaired) electrons. The molecule has 0 aliphatic heterocycles. The van der Waals surface area contributed by atoms with Gasteiger partial charge < -0.3 is 14.3 Å². The zero-order valence-electron chi connectivity index (χ0n) is 15.8. The van der Waals surface area contributed by atoms with Gasteiger partial charge in [-0.05, 0) is 51.8 Å². The summed E-state index contributed by atoms with van der Waals surface area (Å²) in [6.45, 7) is 2.89. The highest BCUT2D eigenvalue weighted by Gasteiger charge is 2.16. The zero-order valence-corrected chi connectivity index (χ0v) is 18.0. The van der Waals surface area contributed by atoms with Crippen LogP contribution in [0.15, 0.2) is 72.8 Å². The predicted octanol–water partition coefficient (Wildman–Crippen LogP) is 5.83. The lowest BCUT2D eigenvalue weighted by atomic mass is 10.0. The van der Waals surface area contributed by atoms with Crippen LogP contribution in [-0.4, -0.2) is 6.29 Å². The second-order valence-electron chi connectivity index (χ2n) is 6.73. The molecule has 3 nitrogen and oxygen atoms in total. The molecule has 0 aromatic heterocycles. The van der Waals surface area contributed by atoms with Crippen molar-refractivity contribution in [1.29, 1.82) is 0 Å². The van der Waals surface area contributed by atoms with E-state index in [4.69, 9.17) is 9.47 Å². The summed E-state index contributed by atoms with van der Waals surface area (Å²) in [5.41, 5.74) is 3.24. The minimum Gasteiger partial charge on any atom is -0.488 e. The van der Waals surface area contributed by atoms with E-state index in [0.717, 1.165) is 38.0 Å². The van der Waals surface area contributed by atoms with Crippen LogP contribution in [0.1, 0.15) is 23.6 Å². The molecule has 0 saturated heterocycles. The van der Waals surface area contributed by atoms with Crippen molar-refractivity contribution in [2.75, 3.05) is 0 Å². The van der Waals surface area contributed by atoms with E-state index in [-0.39, 0.29) is 5.92 Å². The second-order valence-corrected chi connectivity index (χ2v) is 7.81. The Balaban J connectivity index is 1.82. The molecule has 3 aromatic carbocycles. The number of aldehydes is 1. The van der Waals surface area contributed by atoms with Gasteiger partial charge in [-0.25, -0.2) is 0 Å². The Labute approximate surface area is 179 Å². The minimum atomic E-state index is -0.0639. The molecule has 0 heterocycles. The minimum absolute atomic E-state index is 0.0639. The lowest BCUT2D eigenvalue weighted by Gasteiger charge is -2.18. The molecule has 1 atom stereocenters. The van der Waals surface area contributed by atoms with Crippen LogP contribution in [0.5, 0.6) is 11.5 Å². The van der Waals surface area contributed by atoms with Crippen molar-refractivity contribution in [3.63, 3.8) is 0 Å². The molecule has 0 aliphatic carbocycles. The van der Waals surface area contributed by atoms with Crippen molar-refractivity contribution < 1.29 is 14.3 Å². The lowest BCUT2D eigenvalue weighted by molar-refractivity contribution is -0.110. The third-order valence-corrected chi connectivity index (χ3v) is 5.40. The first-order valence-corrected chi connectivity index (χ1v) is 10.4. The molecule has 0 bridgehead atoms. The fourth-order valence-electron chi connectivity index (χ4n) is 2.87. The van der Waals surface area contributed by atoms with Gasteiger partial charge >= 0.3 is 0 Å². The van der Waals surface area contributed by atoms with E-state index in [1.165, 1.54) is 0 Å². The van der Waals surface area contributed by atoms with E-state index in [9.17, 15) is 4.79 Å². The smallest absolute Gasteiger partial charge is 0.140 e. The first-order chi connectivity index (χ1) is 13.7. The highest BCUT2D eigenvalue weighted by atomic mass is 127. The molecular weight excluding hydrogens is 463 g/mol. The van der Waals surface area contributed by atoms with Gasteiger partial charge in [0.25, 0.3) is 0 Å². The summed E-state index contributed by atoms with van der Waals surface area (Å²) in [6.07, 6.45) is 1.62. The van der Waals surface area contributed by atoms with Gasteiger partial charge in [0, 0.05) is 5.92 Å². The van der Waals surface area contributed by atoms with Gasteiger partial charge in [0.05, 0.1) is 3.57 Å². The van der Waals surface area contributed by atoms with Crippen LogP contribution in [-0.2, 0) is 24.4 Å². The summed E-state index contributed by atoms with van der Waals surface area (Å²) in [6, 6.07) is 24.1. The monoisotopic (exact) mass is 486 g/mol. The number of benzene rings is 3. The van der Waals surface area contributed by atoms with Crippen molar-refractivity contribution in [3.05, 3.63) is 93.1 Å². The molecule has 0 fully saturated rings. The number of hydrogen-bond acceptors (Lipinski definition) is 3. The van der Waals surface area contributed by atoms with Gasteiger partial charge in [-0.1, -0.05) is 73.7 Å². The van der Waals surface area contributed by atoms with E-state index in [2.05, 4.69) is 22.6 Å². The molecule has 0 spiro atoms. The van der Waals surface area contributed by atoms with Crippen LogP contribution in [0, 0.1) is 9.49 Å². The summed E-state index contributed by atoms with van der Waals surface area (Å²) < 4.78 is 13.2. The van der Waals surface area contributed by atoms with Crippen molar-refractivity contribution in [3.8, 4) is 11.5 Å². The number of hydrogen-bond donors (Lipinski definition) is 0. The molecule has 0 saturated carbocycles. The van der Waals surface area contributed by atoms with Crippen molar-refractivity contribution in [1.82, 2.24) is 0 Å². The molecule has 3 rings (SSSR count). The molecular formula is C24H23IO3. The number of carbonyl (C=O) groups excluding carboxylic acids is 1. The van der Waals surface area contributed by atoms with Crippen LogP contribution < -0.4 is 9.47 Å². The third-order valence-electron chi connectivity index (χ3n) is 4.38. The Morgan fingerprint density at radius 1 is 0.857 bits per heavy atom. The van der Waals surface area contributed by atoms with Gasteiger partial charge in [0.2, 0.25) is 0 Å². The quantitative estimate of drug-likeness (QED) is 0.282. The summed E-state index contributed by atoms with van der Waals surface area (Å²) in [5.74, 6) is 1.52. The number of ether oxygens (including phenoxy) is 2. The summed E-state index contributed by atoms with van der Waals surface area (Å²) in [4.78, 5) is 11.1. The van der Waals surface area contributed by atoms with E-state index in [1.807, 2.05) is 79.7 Å². The highest BCUT2D eigenvalue weighted by molar-refractivity contribution is 14.1. The number of halogens is 1. The van der Waals surface area contributed by atoms with Gasteiger partial charge in [-0.15, -0.1) is 0 Å². The van der Waals surface area contributed by atoms with Gasteiger partial charge in [-0.3, -0.25) is 0 Å². The Kier molecular flexibility index (Phi) is 7.48. The predicted molar refractivity (Wildman–Crippen MR) is 120 cm³/mol. The maximum Gasteiger partial charge on any atom is 0.140 e. The molecule has 0 aliphatic rings. The maximum absolute atomic E-state index is 11.1. The van der Waals surface area contributed by atoms with E-state index >= 15 is 0 Å². The lowest BCUT2D eigenvalue weighted by Crippen LogP contribution is -2.07.